The molecule has 2 nitrogen and oxygen atoms in total. The van der Waals surface area contributed by atoms with Crippen LogP contribution in [0.5, 0.6) is 0 Å². The Hall–Kier alpha value is 0.620. The van der Waals surface area contributed by atoms with Crippen LogP contribution in [0.4, 0.5) is 0 Å². The SMILES string of the molecule is C1CC(SCC2CNC2)CC2(CCSCC2)O1. The van der Waals surface area contributed by atoms with Crippen LogP contribution >= 0.6 is 23.5 Å². The summed E-state index contributed by atoms with van der Waals surface area (Å²) in [7, 11) is 0. The summed E-state index contributed by atoms with van der Waals surface area (Å²) < 4.78 is 6.14. The number of thioether (sulfide) groups is 2. The molecule has 0 saturated carbocycles. The zero-order valence-corrected chi connectivity index (χ0v) is 12.1. The van der Waals surface area contributed by atoms with Crippen molar-refractivity contribution in [3.05, 3.63) is 0 Å². The lowest BCUT2D eigenvalue weighted by molar-refractivity contribution is -0.0805. The summed E-state index contributed by atoms with van der Waals surface area (Å²) in [4.78, 5) is 0. The van der Waals surface area contributed by atoms with Crippen LogP contribution in [-0.4, -0.2) is 47.8 Å². The molecule has 3 aliphatic heterocycles. The van der Waals surface area contributed by atoms with Crippen molar-refractivity contribution < 1.29 is 4.74 Å². The van der Waals surface area contributed by atoms with Crippen LogP contribution < -0.4 is 5.32 Å². The Morgan fingerprint density at radius 2 is 2.12 bits per heavy atom. The summed E-state index contributed by atoms with van der Waals surface area (Å²) in [5, 5.41) is 4.23. The van der Waals surface area contributed by atoms with E-state index in [1.54, 1.807) is 0 Å². The molecule has 1 spiro atoms. The van der Waals surface area contributed by atoms with Gasteiger partial charge in [0.15, 0.2) is 0 Å². The van der Waals surface area contributed by atoms with Crippen molar-refractivity contribution in [1.82, 2.24) is 5.32 Å². The summed E-state index contributed by atoms with van der Waals surface area (Å²) in [6, 6.07) is 0. The molecule has 4 heteroatoms. The predicted octanol–water partition coefficient (Wildman–Crippen LogP) is 2.38. The van der Waals surface area contributed by atoms with Gasteiger partial charge in [-0.15, -0.1) is 0 Å². The zero-order chi connectivity index (χ0) is 11.6. The quantitative estimate of drug-likeness (QED) is 0.852. The second kappa shape index (κ2) is 5.72. The highest BCUT2D eigenvalue weighted by atomic mass is 32.2. The number of hydrogen-bond acceptors (Lipinski definition) is 4. The van der Waals surface area contributed by atoms with E-state index in [1.807, 2.05) is 0 Å². The van der Waals surface area contributed by atoms with E-state index in [1.165, 1.54) is 56.0 Å². The summed E-state index contributed by atoms with van der Waals surface area (Å²) >= 11 is 4.32. The molecule has 98 valence electrons. The van der Waals surface area contributed by atoms with E-state index in [0.29, 0.717) is 0 Å². The highest BCUT2D eigenvalue weighted by molar-refractivity contribution is 8.00. The molecular formula is C13H23NOS2. The Balaban J connectivity index is 1.48. The van der Waals surface area contributed by atoms with Gasteiger partial charge in [0, 0.05) is 11.9 Å². The maximum Gasteiger partial charge on any atom is 0.0708 e. The maximum atomic E-state index is 6.14. The fourth-order valence-corrected chi connectivity index (χ4v) is 5.66. The van der Waals surface area contributed by atoms with Gasteiger partial charge in [-0.2, -0.15) is 23.5 Å². The maximum absolute atomic E-state index is 6.14. The highest BCUT2D eigenvalue weighted by Crippen LogP contribution is 2.41. The molecule has 0 amide bonds. The van der Waals surface area contributed by atoms with Crippen LogP contribution in [-0.2, 0) is 4.74 Å². The molecule has 3 rings (SSSR count). The van der Waals surface area contributed by atoms with Gasteiger partial charge in [0.1, 0.15) is 0 Å². The molecule has 0 aromatic rings. The number of ether oxygens (including phenoxy) is 1. The van der Waals surface area contributed by atoms with Gasteiger partial charge in [-0.05, 0) is 61.9 Å². The first-order valence-corrected chi connectivity index (χ1v) is 9.11. The van der Waals surface area contributed by atoms with Crippen molar-refractivity contribution in [2.45, 2.75) is 36.5 Å². The lowest BCUT2D eigenvalue weighted by Crippen LogP contribution is -2.45. The van der Waals surface area contributed by atoms with Crippen molar-refractivity contribution in [2.75, 3.05) is 37.0 Å². The molecule has 0 bridgehead atoms. The van der Waals surface area contributed by atoms with Gasteiger partial charge in [-0.3, -0.25) is 0 Å². The molecule has 17 heavy (non-hydrogen) atoms. The minimum absolute atomic E-state index is 0.277. The molecular weight excluding hydrogens is 250 g/mol. The van der Waals surface area contributed by atoms with Gasteiger partial charge in [-0.1, -0.05) is 0 Å². The average Bonchev–Trinajstić information content (AvgIpc) is 2.28. The first-order valence-electron chi connectivity index (χ1n) is 6.90. The van der Waals surface area contributed by atoms with Crippen LogP contribution in [0.25, 0.3) is 0 Å². The molecule has 0 radical (unpaired) electrons. The number of rotatable bonds is 3. The molecule has 0 aromatic carbocycles. The first kappa shape index (κ1) is 12.6. The third-order valence-electron chi connectivity index (χ3n) is 4.29. The Morgan fingerprint density at radius 3 is 2.82 bits per heavy atom. The topological polar surface area (TPSA) is 21.3 Å². The fraction of sp³-hybridized carbons (Fsp3) is 1.00. The molecule has 3 heterocycles. The van der Waals surface area contributed by atoms with Crippen LogP contribution in [0.1, 0.15) is 25.7 Å². The van der Waals surface area contributed by atoms with Gasteiger partial charge in [0.2, 0.25) is 0 Å². The molecule has 1 atom stereocenters. The van der Waals surface area contributed by atoms with Crippen molar-refractivity contribution >= 4 is 23.5 Å². The minimum atomic E-state index is 0.277. The predicted molar refractivity (Wildman–Crippen MR) is 77.1 cm³/mol. The van der Waals surface area contributed by atoms with E-state index >= 15 is 0 Å². The first-order chi connectivity index (χ1) is 8.36. The summed E-state index contributed by atoms with van der Waals surface area (Å²) in [5.74, 6) is 4.93. The second-order valence-electron chi connectivity index (χ2n) is 5.62. The Labute approximate surface area is 113 Å². The molecule has 0 aliphatic carbocycles. The van der Waals surface area contributed by atoms with E-state index in [4.69, 9.17) is 4.74 Å². The Kier molecular flexibility index (Phi) is 4.26. The van der Waals surface area contributed by atoms with Crippen molar-refractivity contribution in [3.63, 3.8) is 0 Å². The van der Waals surface area contributed by atoms with Crippen molar-refractivity contribution in [3.8, 4) is 0 Å². The molecule has 1 N–H and O–H groups in total. The van der Waals surface area contributed by atoms with Crippen molar-refractivity contribution in [2.24, 2.45) is 5.92 Å². The Bertz CT molecular complexity index is 246. The van der Waals surface area contributed by atoms with E-state index in [0.717, 1.165) is 17.8 Å². The van der Waals surface area contributed by atoms with Gasteiger partial charge in [0.25, 0.3) is 0 Å². The lowest BCUT2D eigenvalue weighted by Gasteiger charge is -2.43. The van der Waals surface area contributed by atoms with Crippen LogP contribution in [0.2, 0.25) is 0 Å². The Morgan fingerprint density at radius 1 is 1.29 bits per heavy atom. The monoisotopic (exact) mass is 273 g/mol. The van der Waals surface area contributed by atoms with Gasteiger partial charge in [-0.25, -0.2) is 0 Å². The van der Waals surface area contributed by atoms with E-state index in [2.05, 4.69) is 28.8 Å². The summed E-state index contributed by atoms with van der Waals surface area (Å²) in [6.07, 6.45) is 5.18. The smallest absolute Gasteiger partial charge is 0.0708 e. The largest absolute Gasteiger partial charge is 0.375 e. The molecule has 3 aliphatic rings. The fourth-order valence-electron chi connectivity index (χ4n) is 2.96. The van der Waals surface area contributed by atoms with Crippen molar-refractivity contribution in [1.29, 1.82) is 0 Å². The molecule has 0 aromatic heterocycles. The zero-order valence-electron chi connectivity index (χ0n) is 10.5. The second-order valence-corrected chi connectivity index (χ2v) is 8.17. The van der Waals surface area contributed by atoms with Gasteiger partial charge < -0.3 is 10.1 Å². The standard InChI is InChI=1S/C13H23NOS2/c1-4-15-13(2-5-16-6-3-13)7-12(1)17-10-11-8-14-9-11/h11-12,14H,1-10H2. The number of nitrogens with one attached hydrogen (secondary N) is 1. The normalized spacial score (nSPS) is 33.5. The van der Waals surface area contributed by atoms with E-state index in [9.17, 15) is 0 Å². The molecule has 3 fully saturated rings. The van der Waals surface area contributed by atoms with E-state index < -0.39 is 0 Å². The summed E-state index contributed by atoms with van der Waals surface area (Å²) in [5.41, 5.74) is 0.277. The lowest BCUT2D eigenvalue weighted by atomic mass is 9.88. The number of hydrogen-bond donors (Lipinski definition) is 1. The van der Waals surface area contributed by atoms with E-state index in [-0.39, 0.29) is 5.60 Å². The van der Waals surface area contributed by atoms with Crippen LogP contribution in [0, 0.1) is 5.92 Å². The average molecular weight is 273 g/mol. The molecule has 3 saturated heterocycles. The third-order valence-corrected chi connectivity index (χ3v) is 6.81. The third kappa shape index (κ3) is 3.14. The minimum Gasteiger partial charge on any atom is -0.375 e. The van der Waals surface area contributed by atoms with Gasteiger partial charge in [0.05, 0.1) is 5.60 Å². The van der Waals surface area contributed by atoms with Crippen LogP contribution in [0.15, 0.2) is 0 Å². The van der Waals surface area contributed by atoms with Crippen LogP contribution in [0.3, 0.4) is 0 Å². The van der Waals surface area contributed by atoms with Gasteiger partial charge >= 0.3 is 0 Å². The summed E-state index contributed by atoms with van der Waals surface area (Å²) in [6.45, 7) is 3.50. The highest BCUT2D eigenvalue weighted by Gasteiger charge is 2.39. The molecule has 1 unspecified atom stereocenters.